The molecular formula is C12H16N4O. The highest BCUT2D eigenvalue weighted by molar-refractivity contribution is 5.38. The minimum absolute atomic E-state index is 0.360. The summed E-state index contributed by atoms with van der Waals surface area (Å²) in [4.78, 5) is 10.5. The topological polar surface area (TPSA) is 62.0 Å². The molecular weight excluding hydrogens is 216 g/mol. The molecule has 2 rings (SSSR count). The molecule has 0 saturated carbocycles. The number of nitrogens with zero attached hydrogens (tertiary/aromatic N) is 4. The average molecular weight is 232 g/mol. The van der Waals surface area contributed by atoms with Crippen LogP contribution in [0.25, 0.3) is 0 Å². The van der Waals surface area contributed by atoms with Gasteiger partial charge in [-0.3, -0.25) is 0 Å². The third-order valence-electron chi connectivity index (χ3n) is 2.92. The van der Waals surface area contributed by atoms with Crippen molar-refractivity contribution in [2.45, 2.75) is 13.3 Å². The fourth-order valence-electron chi connectivity index (χ4n) is 2.00. The number of anilines is 1. The van der Waals surface area contributed by atoms with Crippen molar-refractivity contribution >= 4 is 5.82 Å². The largest absolute Gasteiger partial charge is 0.381 e. The van der Waals surface area contributed by atoms with E-state index < -0.39 is 0 Å². The first-order chi connectivity index (χ1) is 8.33. The number of aromatic nitrogens is 2. The van der Waals surface area contributed by atoms with E-state index in [4.69, 9.17) is 10.00 Å². The Bertz CT molecular complexity index is 398. The molecule has 1 saturated heterocycles. The van der Waals surface area contributed by atoms with Crippen LogP contribution in [0.1, 0.15) is 19.0 Å². The number of rotatable bonds is 4. The maximum Gasteiger partial charge on any atom is 0.158 e. The van der Waals surface area contributed by atoms with Gasteiger partial charge in [-0.1, -0.05) is 0 Å². The standard InChI is InChI=1S/C12H16N4O/c1-2-17-9-10-3-4-16(8-10)12-7-14-11(5-13)6-15-12/h6-7,10H,2-4,8-9H2,1H3. The third kappa shape index (κ3) is 2.92. The van der Waals surface area contributed by atoms with Gasteiger partial charge in [0, 0.05) is 25.6 Å². The van der Waals surface area contributed by atoms with Crippen LogP contribution >= 0.6 is 0 Å². The van der Waals surface area contributed by atoms with Gasteiger partial charge in [0.25, 0.3) is 0 Å². The van der Waals surface area contributed by atoms with E-state index in [2.05, 4.69) is 14.9 Å². The second-order valence-electron chi connectivity index (χ2n) is 4.13. The second kappa shape index (κ2) is 5.60. The Kier molecular flexibility index (Phi) is 3.89. The molecule has 90 valence electrons. The van der Waals surface area contributed by atoms with Crippen molar-refractivity contribution in [2.75, 3.05) is 31.2 Å². The summed E-state index contributed by atoms with van der Waals surface area (Å²) < 4.78 is 5.43. The molecule has 0 spiro atoms. The average Bonchev–Trinajstić information content (AvgIpc) is 2.85. The van der Waals surface area contributed by atoms with Gasteiger partial charge in [0.2, 0.25) is 0 Å². The molecule has 0 radical (unpaired) electrons. The van der Waals surface area contributed by atoms with Crippen molar-refractivity contribution in [1.82, 2.24) is 9.97 Å². The van der Waals surface area contributed by atoms with E-state index in [0.29, 0.717) is 11.6 Å². The summed E-state index contributed by atoms with van der Waals surface area (Å²) in [5, 5.41) is 8.65. The number of ether oxygens (including phenoxy) is 1. The van der Waals surface area contributed by atoms with Crippen LogP contribution in [0.4, 0.5) is 5.82 Å². The zero-order valence-corrected chi connectivity index (χ0v) is 9.96. The Labute approximate surface area is 101 Å². The van der Waals surface area contributed by atoms with E-state index in [1.807, 2.05) is 13.0 Å². The molecule has 1 aliphatic rings. The molecule has 1 aromatic heterocycles. The summed E-state index contributed by atoms with van der Waals surface area (Å²) in [7, 11) is 0. The zero-order valence-electron chi connectivity index (χ0n) is 9.96. The first-order valence-corrected chi connectivity index (χ1v) is 5.88. The summed E-state index contributed by atoms with van der Waals surface area (Å²) in [6.45, 7) is 5.54. The van der Waals surface area contributed by atoms with Crippen molar-refractivity contribution in [3.05, 3.63) is 18.1 Å². The minimum Gasteiger partial charge on any atom is -0.381 e. The summed E-state index contributed by atoms with van der Waals surface area (Å²) in [5.74, 6) is 1.43. The van der Waals surface area contributed by atoms with Gasteiger partial charge in [-0.15, -0.1) is 0 Å². The van der Waals surface area contributed by atoms with Gasteiger partial charge in [-0.25, -0.2) is 9.97 Å². The molecule has 0 aliphatic carbocycles. The van der Waals surface area contributed by atoms with Crippen LogP contribution in [0.5, 0.6) is 0 Å². The quantitative estimate of drug-likeness (QED) is 0.780. The van der Waals surface area contributed by atoms with Crippen molar-refractivity contribution in [1.29, 1.82) is 5.26 Å². The van der Waals surface area contributed by atoms with Gasteiger partial charge >= 0.3 is 0 Å². The Morgan fingerprint density at radius 3 is 3.06 bits per heavy atom. The molecule has 1 aliphatic heterocycles. The van der Waals surface area contributed by atoms with E-state index in [-0.39, 0.29) is 0 Å². The fourth-order valence-corrected chi connectivity index (χ4v) is 2.00. The van der Waals surface area contributed by atoms with Crippen molar-refractivity contribution in [2.24, 2.45) is 5.92 Å². The van der Waals surface area contributed by atoms with Crippen LogP contribution < -0.4 is 4.90 Å². The van der Waals surface area contributed by atoms with Crippen molar-refractivity contribution < 1.29 is 4.74 Å². The Morgan fingerprint density at radius 2 is 2.41 bits per heavy atom. The Balaban J connectivity index is 1.93. The van der Waals surface area contributed by atoms with Crippen LogP contribution in [0.3, 0.4) is 0 Å². The summed E-state index contributed by atoms with van der Waals surface area (Å²) in [5.41, 5.74) is 0.360. The Hall–Kier alpha value is -1.67. The molecule has 0 bridgehead atoms. The molecule has 5 nitrogen and oxygen atoms in total. The highest BCUT2D eigenvalue weighted by Gasteiger charge is 2.23. The minimum atomic E-state index is 0.360. The number of hydrogen-bond acceptors (Lipinski definition) is 5. The highest BCUT2D eigenvalue weighted by atomic mass is 16.5. The van der Waals surface area contributed by atoms with E-state index in [0.717, 1.165) is 38.5 Å². The molecule has 17 heavy (non-hydrogen) atoms. The van der Waals surface area contributed by atoms with Gasteiger partial charge in [0.1, 0.15) is 11.9 Å². The molecule has 1 unspecified atom stereocenters. The normalized spacial score (nSPS) is 19.3. The number of nitriles is 1. The molecule has 0 amide bonds. The van der Waals surface area contributed by atoms with Crippen molar-refractivity contribution in [3.8, 4) is 6.07 Å². The molecule has 5 heteroatoms. The lowest BCUT2D eigenvalue weighted by atomic mass is 10.1. The monoisotopic (exact) mass is 232 g/mol. The lowest BCUT2D eigenvalue weighted by Crippen LogP contribution is -2.22. The van der Waals surface area contributed by atoms with E-state index >= 15 is 0 Å². The highest BCUT2D eigenvalue weighted by Crippen LogP contribution is 2.21. The zero-order chi connectivity index (χ0) is 12.1. The molecule has 1 aromatic rings. The van der Waals surface area contributed by atoms with Gasteiger partial charge in [-0.2, -0.15) is 5.26 Å². The first-order valence-electron chi connectivity index (χ1n) is 5.88. The van der Waals surface area contributed by atoms with Crippen LogP contribution in [-0.2, 0) is 4.74 Å². The molecule has 2 heterocycles. The smallest absolute Gasteiger partial charge is 0.158 e. The first kappa shape index (κ1) is 11.8. The van der Waals surface area contributed by atoms with E-state index in [9.17, 15) is 0 Å². The van der Waals surface area contributed by atoms with Crippen LogP contribution in [0, 0.1) is 17.2 Å². The molecule has 1 atom stereocenters. The lowest BCUT2D eigenvalue weighted by molar-refractivity contribution is 0.117. The van der Waals surface area contributed by atoms with Crippen LogP contribution in [-0.4, -0.2) is 36.3 Å². The maximum atomic E-state index is 8.65. The predicted octanol–water partition coefficient (Wildman–Crippen LogP) is 1.21. The molecule has 0 aromatic carbocycles. The summed E-state index contributed by atoms with van der Waals surface area (Å²) in [6, 6.07) is 1.97. The van der Waals surface area contributed by atoms with Gasteiger partial charge in [-0.05, 0) is 13.3 Å². The third-order valence-corrected chi connectivity index (χ3v) is 2.92. The van der Waals surface area contributed by atoms with Crippen LogP contribution in [0.2, 0.25) is 0 Å². The fraction of sp³-hybridized carbons (Fsp3) is 0.583. The van der Waals surface area contributed by atoms with Crippen LogP contribution in [0.15, 0.2) is 12.4 Å². The van der Waals surface area contributed by atoms with Gasteiger partial charge in [0.05, 0.1) is 19.0 Å². The van der Waals surface area contributed by atoms with E-state index in [1.165, 1.54) is 6.20 Å². The summed E-state index contributed by atoms with van der Waals surface area (Å²) in [6.07, 6.45) is 4.31. The molecule has 0 N–H and O–H groups in total. The second-order valence-corrected chi connectivity index (χ2v) is 4.13. The van der Waals surface area contributed by atoms with Gasteiger partial charge in [0.15, 0.2) is 5.69 Å². The van der Waals surface area contributed by atoms with Gasteiger partial charge < -0.3 is 9.64 Å². The van der Waals surface area contributed by atoms with Crippen molar-refractivity contribution in [3.63, 3.8) is 0 Å². The predicted molar refractivity (Wildman–Crippen MR) is 63.6 cm³/mol. The van der Waals surface area contributed by atoms with E-state index in [1.54, 1.807) is 6.20 Å². The maximum absolute atomic E-state index is 8.65. The molecule has 1 fully saturated rings. The Morgan fingerprint density at radius 1 is 1.53 bits per heavy atom. The lowest BCUT2D eigenvalue weighted by Gasteiger charge is -2.16. The summed E-state index contributed by atoms with van der Waals surface area (Å²) >= 11 is 0. The number of hydrogen-bond donors (Lipinski definition) is 0. The SMILES string of the molecule is CCOCC1CCN(c2cnc(C#N)cn2)C1.